The van der Waals surface area contributed by atoms with Crippen LogP contribution in [-0.2, 0) is 19.7 Å². The van der Waals surface area contributed by atoms with Gasteiger partial charge in [-0.2, -0.15) is 17.4 Å². The zero-order valence-electron chi connectivity index (χ0n) is 11.9. The maximum absolute atomic E-state index is 12.5. The van der Waals surface area contributed by atoms with Gasteiger partial charge in [0.05, 0.1) is 12.1 Å². The summed E-state index contributed by atoms with van der Waals surface area (Å²) in [6.07, 6.45) is 4.62. The molecule has 2 aliphatic heterocycles. The fraction of sp³-hybridized carbons (Fsp3) is 0.923. The molecule has 21 heavy (non-hydrogen) atoms. The van der Waals surface area contributed by atoms with E-state index >= 15 is 0 Å². The molecule has 0 aromatic heterocycles. The molecular formula is C13H22N2O5S. The third-order valence-corrected chi connectivity index (χ3v) is 6.23. The Kier molecular flexibility index (Phi) is 4.22. The lowest BCUT2D eigenvalue weighted by Crippen LogP contribution is -2.55. The first-order valence-electron chi connectivity index (χ1n) is 7.62. The van der Waals surface area contributed by atoms with E-state index in [1.165, 1.54) is 0 Å². The van der Waals surface area contributed by atoms with Crippen LogP contribution in [0.5, 0.6) is 0 Å². The molecule has 0 aromatic rings. The highest BCUT2D eigenvalue weighted by molar-refractivity contribution is 7.87. The number of aliphatic carboxylic acids is 1. The number of carboxylic acid groups (broad SMARTS) is 1. The highest BCUT2D eigenvalue weighted by Crippen LogP contribution is 2.39. The number of piperidine rings is 1. The molecule has 3 atom stereocenters. The molecule has 7 nitrogen and oxygen atoms in total. The number of nitrogens with one attached hydrogen (secondary N) is 1. The Bertz CT molecular complexity index is 505. The van der Waals surface area contributed by atoms with Crippen LogP contribution in [0.1, 0.15) is 38.5 Å². The first kappa shape index (κ1) is 15.2. The number of carbonyl (C=O) groups is 1. The third-order valence-electron chi connectivity index (χ3n) is 4.57. The van der Waals surface area contributed by atoms with Crippen LogP contribution in [0.3, 0.4) is 0 Å². The van der Waals surface area contributed by atoms with Gasteiger partial charge in [-0.1, -0.05) is 0 Å². The predicted molar refractivity (Wildman–Crippen MR) is 74.9 cm³/mol. The Labute approximate surface area is 124 Å². The van der Waals surface area contributed by atoms with Gasteiger partial charge in [0.1, 0.15) is 6.04 Å². The van der Waals surface area contributed by atoms with Gasteiger partial charge in [-0.25, -0.2) is 0 Å². The molecule has 8 heteroatoms. The van der Waals surface area contributed by atoms with Crippen molar-refractivity contribution < 1.29 is 23.1 Å². The lowest BCUT2D eigenvalue weighted by atomic mass is 10.1. The van der Waals surface area contributed by atoms with Crippen molar-refractivity contribution in [1.29, 1.82) is 0 Å². The number of rotatable bonds is 5. The molecule has 0 bridgehead atoms. The zero-order chi connectivity index (χ0) is 15.0. The number of carboxylic acids is 1. The minimum Gasteiger partial charge on any atom is -0.480 e. The second kappa shape index (κ2) is 5.83. The van der Waals surface area contributed by atoms with Gasteiger partial charge in [0.25, 0.3) is 10.2 Å². The predicted octanol–water partition coefficient (Wildman–Crippen LogP) is 0.327. The van der Waals surface area contributed by atoms with E-state index in [-0.39, 0.29) is 18.7 Å². The van der Waals surface area contributed by atoms with Crippen LogP contribution in [-0.4, -0.2) is 55.1 Å². The molecule has 2 heterocycles. The molecular weight excluding hydrogens is 296 g/mol. The molecule has 0 amide bonds. The number of hydrogen-bond donors (Lipinski definition) is 2. The lowest BCUT2D eigenvalue weighted by molar-refractivity contribution is -0.142. The molecule has 3 aliphatic rings. The van der Waals surface area contributed by atoms with Crippen LogP contribution in [0.2, 0.25) is 0 Å². The molecule has 120 valence electrons. The average Bonchev–Trinajstić information content (AvgIpc) is 3.19. The molecule has 1 aliphatic carbocycles. The highest BCUT2D eigenvalue weighted by Gasteiger charge is 2.44. The van der Waals surface area contributed by atoms with Gasteiger partial charge in [0, 0.05) is 13.2 Å². The first-order valence-corrected chi connectivity index (χ1v) is 9.06. The third kappa shape index (κ3) is 3.23. The number of ether oxygens (including phenoxy) is 1. The molecule has 3 fully saturated rings. The van der Waals surface area contributed by atoms with Crippen LogP contribution < -0.4 is 4.72 Å². The van der Waals surface area contributed by atoms with E-state index in [1.807, 2.05) is 0 Å². The topological polar surface area (TPSA) is 95.9 Å². The fourth-order valence-electron chi connectivity index (χ4n) is 3.33. The molecule has 0 radical (unpaired) electrons. The summed E-state index contributed by atoms with van der Waals surface area (Å²) in [5, 5.41) is 9.22. The molecule has 2 N–H and O–H groups in total. The van der Waals surface area contributed by atoms with Crippen LogP contribution >= 0.6 is 0 Å². The summed E-state index contributed by atoms with van der Waals surface area (Å²) < 4.78 is 34.5. The van der Waals surface area contributed by atoms with Gasteiger partial charge < -0.3 is 9.84 Å². The fourth-order valence-corrected chi connectivity index (χ4v) is 5.00. The van der Waals surface area contributed by atoms with Gasteiger partial charge >= 0.3 is 5.97 Å². The van der Waals surface area contributed by atoms with Crippen molar-refractivity contribution in [1.82, 2.24) is 9.03 Å². The van der Waals surface area contributed by atoms with E-state index in [1.54, 1.807) is 0 Å². The molecule has 3 rings (SSSR count). The van der Waals surface area contributed by atoms with E-state index < -0.39 is 22.2 Å². The summed E-state index contributed by atoms with van der Waals surface area (Å²) in [6, 6.07) is -1.17. The van der Waals surface area contributed by atoms with E-state index in [0.29, 0.717) is 31.8 Å². The van der Waals surface area contributed by atoms with Gasteiger partial charge in [-0.15, -0.1) is 0 Å². The highest BCUT2D eigenvalue weighted by atomic mass is 32.2. The number of nitrogens with zero attached hydrogens (tertiary/aromatic N) is 1. The second-order valence-corrected chi connectivity index (χ2v) is 7.81. The largest absolute Gasteiger partial charge is 0.480 e. The maximum atomic E-state index is 12.5. The smallest absolute Gasteiger partial charge is 0.322 e. The Morgan fingerprint density at radius 3 is 2.62 bits per heavy atom. The normalized spacial score (nSPS) is 35.0. The van der Waals surface area contributed by atoms with Crippen molar-refractivity contribution in [2.45, 2.75) is 56.7 Å². The van der Waals surface area contributed by atoms with E-state index in [2.05, 4.69) is 4.72 Å². The summed E-state index contributed by atoms with van der Waals surface area (Å²) in [7, 11) is -3.78. The van der Waals surface area contributed by atoms with Crippen molar-refractivity contribution in [2.24, 2.45) is 5.92 Å². The van der Waals surface area contributed by atoms with Gasteiger partial charge in [-0.05, 0) is 44.4 Å². The molecule has 0 aromatic carbocycles. The Morgan fingerprint density at radius 1 is 1.19 bits per heavy atom. The second-order valence-electron chi connectivity index (χ2n) is 6.15. The van der Waals surface area contributed by atoms with Crippen LogP contribution in [0.15, 0.2) is 0 Å². The summed E-state index contributed by atoms with van der Waals surface area (Å²) >= 11 is 0. The van der Waals surface area contributed by atoms with Crippen molar-refractivity contribution in [3.8, 4) is 0 Å². The molecule has 2 saturated heterocycles. The molecule has 3 unspecified atom stereocenters. The quantitative estimate of drug-likeness (QED) is 0.761. The summed E-state index contributed by atoms with van der Waals surface area (Å²) in [6.45, 7) is 0.838. The average molecular weight is 318 g/mol. The molecule has 1 saturated carbocycles. The van der Waals surface area contributed by atoms with Crippen LogP contribution in [0.25, 0.3) is 0 Å². The Balaban J connectivity index is 1.71. The van der Waals surface area contributed by atoms with E-state index in [4.69, 9.17) is 4.74 Å². The first-order chi connectivity index (χ1) is 9.99. The summed E-state index contributed by atoms with van der Waals surface area (Å²) in [5.74, 6) is -0.613. The van der Waals surface area contributed by atoms with Crippen molar-refractivity contribution >= 4 is 16.2 Å². The SMILES string of the molecule is O=C(O)C1CCCCN1S(=O)(=O)NC1CCOC1C1CC1. The summed E-state index contributed by atoms with van der Waals surface area (Å²) in [5.41, 5.74) is 0. The number of hydrogen-bond acceptors (Lipinski definition) is 4. The van der Waals surface area contributed by atoms with E-state index in [0.717, 1.165) is 23.6 Å². The van der Waals surface area contributed by atoms with Crippen LogP contribution in [0, 0.1) is 5.92 Å². The van der Waals surface area contributed by atoms with Crippen molar-refractivity contribution in [3.05, 3.63) is 0 Å². The minimum atomic E-state index is -3.78. The standard InChI is InChI=1S/C13H22N2O5S/c16-13(17)11-3-1-2-7-15(11)21(18,19)14-10-6-8-20-12(10)9-4-5-9/h9-12,14H,1-8H2,(H,16,17). The maximum Gasteiger partial charge on any atom is 0.322 e. The van der Waals surface area contributed by atoms with Crippen molar-refractivity contribution in [2.75, 3.05) is 13.2 Å². The minimum absolute atomic E-state index is 0.0483. The monoisotopic (exact) mass is 318 g/mol. The summed E-state index contributed by atoms with van der Waals surface area (Å²) in [4.78, 5) is 11.3. The van der Waals surface area contributed by atoms with Gasteiger partial charge in [0.15, 0.2) is 0 Å². The lowest BCUT2D eigenvalue weighted by Gasteiger charge is -2.33. The Morgan fingerprint density at radius 2 is 1.95 bits per heavy atom. The van der Waals surface area contributed by atoms with Crippen LogP contribution in [0.4, 0.5) is 0 Å². The zero-order valence-corrected chi connectivity index (χ0v) is 12.7. The van der Waals surface area contributed by atoms with E-state index in [9.17, 15) is 18.3 Å². The van der Waals surface area contributed by atoms with Gasteiger partial charge in [0.2, 0.25) is 0 Å². The van der Waals surface area contributed by atoms with Gasteiger partial charge in [-0.3, -0.25) is 4.79 Å². The molecule has 0 spiro atoms. The van der Waals surface area contributed by atoms with Crippen molar-refractivity contribution in [3.63, 3.8) is 0 Å². The Hall–Kier alpha value is -0.700.